The van der Waals surface area contributed by atoms with Crippen LogP contribution in [0.5, 0.6) is 0 Å². The summed E-state index contributed by atoms with van der Waals surface area (Å²) in [6.07, 6.45) is 0.563. The first-order valence-electron chi connectivity index (χ1n) is 6.87. The Morgan fingerprint density at radius 3 is 2.87 bits per heavy atom. The van der Waals surface area contributed by atoms with Crippen molar-refractivity contribution in [2.75, 3.05) is 5.32 Å². The van der Waals surface area contributed by atoms with Crippen molar-refractivity contribution >= 4 is 45.9 Å². The molecule has 2 N–H and O–H groups in total. The van der Waals surface area contributed by atoms with Gasteiger partial charge in [-0.15, -0.1) is 22.7 Å². The molecule has 0 atom stereocenters. The van der Waals surface area contributed by atoms with E-state index in [1.54, 1.807) is 0 Å². The number of carbonyl (C=O) groups excluding carboxylic acids is 1. The van der Waals surface area contributed by atoms with Gasteiger partial charge in [0, 0.05) is 17.3 Å². The molecule has 3 aromatic rings. The Morgan fingerprint density at radius 2 is 2.26 bits per heavy atom. The van der Waals surface area contributed by atoms with E-state index in [1.165, 1.54) is 22.7 Å². The second-order valence-corrected chi connectivity index (χ2v) is 7.63. The summed E-state index contributed by atoms with van der Waals surface area (Å²) in [5.74, 6) is 0.688. The molecule has 0 fully saturated rings. The number of aromatic nitrogens is 4. The Labute approximate surface area is 146 Å². The van der Waals surface area contributed by atoms with Crippen molar-refractivity contribution in [3.63, 3.8) is 0 Å². The zero-order valence-electron chi connectivity index (χ0n) is 12.8. The maximum atomic E-state index is 12.2. The number of thiazole rings is 1. The Balaban J connectivity index is 1.71. The van der Waals surface area contributed by atoms with E-state index < -0.39 is 0 Å². The van der Waals surface area contributed by atoms with Crippen molar-refractivity contribution in [3.8, 4) is 0 Å². The number of thiophene rings is 1. The smallest absolute Gasteiger partial charge is 0.267 e. The maximum Gasteiger partial charge on any atom is 0.267 e. The summed E-state index contributed by atoms with van der Waals surface area (Å²) in [5.41, 5.74) is 1.98. The fourth-order valence-corrected chi connectivity index (χ4v) is 3.77. The van der Waals surface area contributed by atoms with Crippen molar-refractivity contribution in [1.29, 1.82) is 0 Å². The van der Waals surface area contributed by atoms with E-state index in [0.717, 1.165) is 22.0 Å². The minimum atomic E-state index is -0.120. The van der Waals surface area contributed by atoms with Gasteiger partial charge in [0.25, 0.3) is 5.91 Å². The molecule has 0 saturated heterocycles. The first-order valence-corrected chi connectivity index (χ1v) is 8.97. The third-order valence-electron chi connectivity index (χ3n) is 3.47. The molecule has 120 valence electrons. The highest BCUT2D eigenvalue weighted by Gasteiger charge is 2.13. The summed E-state index contributed by atoms with van der Waals surface area (Å²) in [7, 11) is 1.86. The second-order valence-electron chi connectivity index (χ2n) is 5.13. The summed E-state index contributed by atoms with van der Waals surface area (Å²) in [6, 6.07) is 1.90. The van der Waals surface area contributed by atoms with Crippen molar-refractivity contribution in [3.05, 3.63) is 43.1 Å². The number of aromatic amines is 1. The van der Waals surface area contributed by atoms with E-state index in [2.05, 4.69) is 20.5 Å². The van der Waals surface area contributed by atoms with Crippen LogP contribution in [0, 0.1) is 18.6 Å². The highest BCUT2D eigenvalue weighted by Crippen LogP contribution is 2.23. The monoisotopic (exact) mass is 365 g/mol. The molecule has 0 bridgehead atoms. The number of carbonyl (C=O) groups is 1. The molecular formula is C14H15N5OS3. The minimum Gasteiger partial charge on any atom is -0.307 e. The van der Waals surface area contributed by atoms with Crippen LogP contribution in [0.3, 0.4) is 0 Å². The molecule has 0 aliphatic heterocycles. The lowest BCUT2D eigenvalue weighted by Gasteiger charge is -1.99. The predicted molar refractivity (Wildman–Crippen MR) is 95.1 cm³/mol. The average molecular weight is 366 g/mol. The normalized spacial score (nSPS) is 10.9. The van der Waals surface area contributed by atoms with E-state index in [0.29, 0.717) is 21.2 Å². The number of anilines is 1. The molecule has 0 radical (unpaired) electrons. The van der Waals surface area contributed by atoms with E-state index >= 15 is 0 Å². The SMILES string of the molecule is Cc1cc(C(=O)Nc2nc(Cc3n[nH]c(=S)n3C)cs2)sc1C. The Kier molecular flexibility index (Phi) is 4.42. The molecule has 3 rings (SSSR count). The van der Waals surface area contributed by atoms with Gasteiger partial charge < -0.3 is 4.57 Å². The van der Waals surface area contributed by atoms with Gasteiger partial charge in [0.05, 0.1) is 17.0 Å². The summed E-state index contributed by atoms with van der Waals surface area (Å²) >= 11 is 7.99. The third kappa shape index (κ3) is 3.41. The summed E-state index contributed by atoms with van der Waals surface area (Å²) in [4.78, 5) is 18.5. The van der Waals surface area contributed by atoms with Gasteiger partial charge >= 0.3 is 0 Å². The number of nitrogens with zero attached hydrogens (tertiary/aromatic N) is 3. The van der Waals surface area contributed by atoms with Crippen LogP contribution in [-0.2, 0) is 13.5 Å². The van der Waals surface area contributed by atoms with E-state index in [4.69, 9.17) is 12.2 Å². The summed E-state index contributed by atoms with van der Waals surface area (Å²) < 4.78 is 2.39. The second kappa shape index (κ2) is 6.34. The fourth-order valence-electron chi connectivity index (χ4n) is 1.99. The van der Waals surface area contributed by atoms with Crippen molar-refractivity contribution < 1.29 is 4.79 Å². The van der Waals surface area contributed by atoms with Crippen molar-refractivity contribution in [2.24, 2.45) is 7.05 Å². The minimum absolute atomic E-state index is 0.120. The lowest BCUT2D eigenvalue weighted by atomic mass is 10.3. The van der Waals surface area contributed by atoms with Gasteiger partial charge in [0.2, 0.25) is 0 Å². The zero-order chi connectivity index (χ0) is 16.6. The largest absolute Gasteiger partial charge is 0.307 e. The number of aryl methyl sites for hydroxylation is 2. The Hall–Kier alpha value is -1.84. The van der Waals surface area contributed by atoms with Gasteiger partial charge in [0.15, 0.2) is 9.90 Å². The Bertz CT molecular complexity index is 898. The van der Waals surface area contributed by atoms with Gasteiger partial charge in [-0.2, -0.15) is 5.10 Å². The number of H-pyrrole nitrogens is 1. The van der Waals surface area contributed by atoms with Gasteiger partial charge in [-0.25, -0.2) is 4.98 Å². The zero-order valence-corrected chi connectivity index (χ0v) is 15.3. The quantitative estimate of drug-likeness (QED) is 0.694. The number of amides is 1. The van der Waals surface area contributed by atoms with Gasteiger partial charge in [-0.1, -0.05) is 0 Å². The molecule has 0 saturated carbocycles. The first kappa shape index (κ1) is 16.0. The van der Waals surface area contributed by atoms with E-state index in [-0.39, 0.29) is 5.91 Å². The van der Waals surface area contributed by atoms with Crippen LogP contribution < -0.4 is 5.32 Å². The van der Waals surface area contributed by atoms with Crippen LogP contribution in [0.25, 0.3) is 0 Å². The standard InChI is InChI=1S/C14H15N5OS3/c1-7-4-10(23-8(7)2)12(20)16-13-15-9(6-22-13)5-11-17-18-14(21)19(11)3/h4,6H,5H2,1-3H3,(H,18,21)(H,15,16,20). The molecule has 0 spiro atoms. The predicted octanol–water partition coefficient (Wildman–Crippen LogP) is 3.46. The van der Waals surface area contributed by atoms with E-state index in [1.807, 2.05) is 36.9 Å². The molecule has 6 nitrogen and oxygen atoms in total. The summed E-state index contributed by atoms with van der Waals surface area (Å²) in [5, 5.41) is 12.3. The molecule has 23 heavy (non-hydrogen) atoms. The number of rotatable bonds is 4. The summed E-state index contributed by atoms with van der Waals surface area (Å²) in [6.45, 7) is 4.01. The Morgan fingerprint density at radius 1 is 1.48 bits per heavy atom. The lowest BCUT2D eigenvalue weighted by molar-refractivity contribution is 0.103. The molecule has 0 unspecified atom stereocenters. The molecule has 0 aromatic carbocycles. The van der Waals surface area contributed by atoms with Gasteiger partial charge in [-0.05, 0) is 37.7 Å². The molecule has 0 aliphatic rings. The lowest BCUT2D eigenvalue weighted by Crippen LogP contribution is -2.10. The van der Waals surface area contributed by atoms with Crippen LogP contribution in [0.4, 0.5) is 5.13 Å². The van der Waals surface area contributed by atoms with Crippen LogP contribution in [0.15, 0.2) is 11.4 Å². The highest BCUT2D eigenvalue weighted by atomic mass is 32.1. The third-order valence-corrected chi connectivity index (χ3v) is 5.80. The van der Waals surface area contributed by atoms with Crippen molar-refractivity contribution in [2.45, 2.75) is 20.3 Å². The fraction of sp³-hybridized carbons (Fsp3) is 0.286. The maximum absolute atomic E-state index is 12.2. The topological polar surface area (TPSA) is 75.6 Å². The van der Waals surface area contributed by atoms with E-state index in [9.17, 15) is 4.79 Å². The van der Waals surface area contributed by atoms with Gasteiger partial charge in [0.1, 0.15) is 5.82 Å². The van der Waals surface area contributed by atoms with Crippen LogP contribution >= 0.6 is 34.9 Å². The average Bonchev–Trinajstić information content (AvgIpc) is 3.17. The molecule has 9 heteroatoms. The number of hydrogen-bond donors (Lipinski definition) is 2. The molecule has 0 aliphatic carbocycles. The van der Waals surface area contributed by atoms with Crippen LogP contribution in [0.1, 0.15) is 31.6 Å². The molecular weight excluding hydrogens is 350 g/mol. The molecule has 1 amide bonds. The number of nitrogens with one attached hydrogen (secondary N) is 2. The molecule has 3 heterocycles. The first-order chi connectivity index (χ1) is 10.9. The van der Waals surface area contributed by atoms with Gasteiger partial charge in [-0.3, -0.25) is 15.2 Å². The number of hydrogen-bond acceptors (Lipinski definition) is 6. The molecule has 3 aromatic heterocycles. The highest BCUT2D eigenvalue weighted by molar-refractivity contribution is 7.71. The van der Waals surface area contributed by atoms with Crippen LogP contribution in [0.2, 0.25) is 0 Å². The van der Waals surface area contributed by atoms with Crippen molar-refractivity contribution in [1.82, 2.24) is 19.7 Å². The van der Waals surface area contributed by atoms with Crippen LogP contribution in [-0.4, -0.2) is 25.7 Å².